The average molecular weight is 469 g/mol. The second-order valence-corrected chi connectivity index (χ2v) is 8.30. The zero-order valence-electron chi connectivity index (χ0n) is 18.1. The molecule has 0 fully saturated rings. The zero-order chi connectivity index (χ0) is 24.6. The topological polar surface area (TPSA) is 183 Å². The quantitative estimate of drug-likeness (QED) is 0.370. The van der Waals surface area contributed by atoms with Crippen LogP contribution in [0, 0.1) is 5.41 Å². The van der Waals surface area contributed by atoms with Crippen molar-refractivity contribution in [1.29, 1.82) is 0 Å². The lowest BCUT2D eigenvalue weighted by Crippen LogP contribution is -2.49. The van der Waals surface area contributed by atoms with Crippen molar-refractivity contribution in [2.24, 2.45) is 5.41 Å². The molecular weight excluding hydrogens is 442 g/mol. The maximum absolute atomic E-state index is 12.7. The molecule has 182 valence electrons. The number of aliphatic hydroxyl groups is 3. The van der Waals surface area contributed by atoms with Crippen molar-refractivity contribution in [3.05, 3.63) is 35.6 Å². The number of allylic oxidation sites excluding steroid dienone is 1. The van der Waals surface area contributed by atoms with Gasteiger partial charge in [-0.3, -0.25) is 14.5 Å². The number of carboxylic acid groups (broad SMARTS) is 2. The molecule has 3 aliphatic rings. The largest absolute Gasteiger partial charge is 0.506 e. The molecule has 0 aromatic rings. The van der Waals surface area contributed by atoms with E-state index in [0.29, 0.717) is 19.3 Å². The average Bonchev–Trinajstić information content (AvgIpc) is 2.77. The molecule has 2 heterocycles. The van der Waals surface area contributed by atoms with Crippen LogP contribution < -0.4 is 0 Å². The van der Waals surface area contributed by atoms with Gasteiger partial charge in [-0.2, -0.15) is 0 Å². The van der Waals surface area contributed by atoms with Crippen LogP contribution in [0.3, 0.4) is 0 Å². The number of aliphatic hydroxyl groups excluding tert-OH is 3. The zero-order valence-corrected chi connectivity index (χ0v) is 18.1. The molecule has 2 aliphatic heterocycles. The van der Waals surface area contributed by atoms with Crippen molar-refractivity contribution in [1.82, 2.24) is 4.90 Å². The summed E-state index contributed by atoms with van der Waals surface area (Å²) in [6, 6.07) is 0. The predicted octanol–water partition coefficient (Wildman–Crippen LogP) is 1.77. The molecule has 0 bridgehead atoms. The van der Waals surface area contributed by atoms with Crippen molar-refractivity contribution < 1.29 is 54.1 Å². The van der Waals surface area contributed by atoms with E-state index in [-0.39, 0.29) is 18.7 Å². The molecule has 12 nitrogen and oxygen atoms in total. The third-order valence-electron chi connectivity index (χ3n) is 5.98. The van der Waals surface area contributed by atoms with E-state index in [1.165, 1.54) is 13.8 Å². The van der Waals surface area contributed by atoms with Gasteiger partial charge in [0.15, 0.2) is 17.3 Å². The highest BCUT2D eigenvalue weighted by atomic mass is 16.7. The Bertz CT molecular complexity index is 909. The summed E-state index contributed by atoms with van der Waals surface area (Å²) in [6.45, 7) is 2.65. The lowest BCUT2D eigenvalue weighted by atomic mass is 9.82. The maximum Gasteiger partial charge on any atom is 0.414 e. The van der Waals surface area contributed by atoms with Gasteiger partial charge in [-0.05, 0) is 44.8 Å². The van der Waals surface area contributed by atoms with Crippen molar-refractivity contribution in [2.45, 2.75) is 63.6 Å². The number of nitrogens with zero attached hydrogens (tertiary/aromatic N) is 1. The van der Waals surface area contributed by atoms with Gasteiger partial charge in [0.2, 0.25) is 5.76 Å². The number of amides is 1. The summed E-state index contributed by atoms with van der Waals surface area (Å²) in [5.41, 5.74) is -2.12. The minimum Gasteiger partial charge on any atom is -0.506 e. The van der Waals surface area contributed by atoms with E-state index in [0.717, 1.165) is 17.2 Å². The molecule has 12 heteroatoms. The van der Waals surface area contributed by atoms with Crippen LogP contribution in [-0.2, 0) is 23.8 Å². The molecule has 3 rings (SSSR count). The van der Waals surface area contributed by atoms with Gasteiger partial charge in [0.1, 0.15) is 11.9 Å². The Balaban J connectivity index is 1.73. The monoisotopic (exact) mass is 469 g/mol. The molecule has 0 saturated carbocycles. The van der Waals surface area contributed by atoms with E-state index >= 15 is 0 Å². The standard InChI is InChI=1S/C21H27NO11/c1-11-14(23)15(24)16(25)20(2,32-11)33-13-6-4-3-5-12(13)31-19(30)22-9-7-21(8-10-22,17(26)27)18(28)29/h6-7,9,11-12,14,23-25H,3-5,8,10H2,1-2H3,(H,26,27)(H,28,29)/t11?,12-,14-,20+/m1/s1. The number of rotatable bonds is 5. The summed E-state index contributed by atoms with van der Waals surface area (Å²) >= 11 is 0. The van der Waals surface area contributed by atoms with Crippen LogP contribution in [0.25, 0.3) is 0 Å². The SMILES string of the molecule is CC1O[C@@](C)(OC2=CCCC[C@H]2OC(=O)N2C=CC(C(=O)O)(C(=O)O)CC2)C(O)=C(O)[C@@H]1O. The highest BCUT2D eigenvalue weighted by Gasteiger charge is 2.48. The second-order valence-electron chi connectivity index (χ2n) is 8.30. The fraction of sp³-hybridized carbons (Fsp3) is 0.571. The van der Waals surface area contributed by atoms with Crippen LogP contribution >= 0.6 is 0 Å². The molecule has 1 amide bonds. The molecule has 33 heavy (non-hydrogen) atoms. The summed E-state index contributed by atoms with van der Waals surface area (Å²) in [6.07, 6.45) is 0.949. The maximum atomic E-state index is 12.7. The summed E-state index contributed by atoms with van der Waals surface area (Å²) < 4.78 is 16.9. The van der Waals surface area contributed by atoms with E-state index in [1.807, 2.05) is 0 Å². The number of carbonyl (C=O) groups is 3. The Labute approximate surface area is 189 Å². The fourth-order valence-electron chi connectivity index (χ4n) is 3.87. The molecule has 0 radical (unpaired) electrons. The third-order valence-corrected chi connectivity index (χ3v) is 5.98. The van der Waals surface area contributed by atoms with E-state index in [1.54, 1.807) is 6.08 Å². The smallest absolute Gasteiger partial charge is 0.414 e. The highest BCUT2D eigenvalue weighted by Crippen LogP contribution is 2.37. The first-order valence-electron chi connectivity index (χ1n) is 10.4. The van der Waals surface area contributed by atoms with Crippen molar-refractivity contribution in [3.63, 3.8) is 0 Å². The summed E-state index contributed by atoms with van der Waals surface area (Å²) in [5.74, 6) is -6.10. The van der Waals surface area contributed by atoms with E-state index in [4.69, 9.17) is 14.2 Å². The molecule has 0 aromatic heterocycles. The lowest BCUT2D eigenvalue weighted by Gasteiger charge is -2.40. The van der Waals surface area contributed by atoms with Crippen LogP contribution in [-0.4, -0.2) is 79.1 Å². The van der Waals surface area contributed by atoms with Gasteiger partial charge in [0, 0.05) is 19.7 Å². The first-order valence-corrected chi connectivity index (χ1v) is 10.4. The minimum absolute atomic E-state index is 0.173. The summed E-state index contributed by atoms with van der Waals surface area (Å²) in [4.78, 5) is 36.5. The fourth-order valence-corrected chi connectivity index (χ4v) is 3.87. The number of hydrogen-bond donors (Lipinski definition) is 5. The first kappa shape index (κ1) is 24.4. The number of carboxylic acids is 2. The molecule has 0 saturated heterocycles. The van der Waals surface area contributed by atoms with Gasteiger partial charge in [-0.1, -0.05) is 0 Å². The molecule has 1 unspecified atom stereocenters. The van der Waals surface area contributed by atoms with Gasteiger partial charge < -0.3 is 39.7 Å². The summed E-state index contributed by atoms with van der Waals surface area (Å²) in [5, 5.41) is 48.7. The third kappa shape index (κ3) is 4.48. The van der Waals surface area contributed by atoms with E-state index in [2.05, 4.69) is 0 Å². The highest BCUT2D eigenvalue weighted by molar-refractivity contribution is 6.00. The van der Waals surface area contributed by atoms with E-state index in [9.17, 15) is 39.9 Å². The Morgan fingerprint density at radius 3 is 2.45 bits per heavy atom. The Kier molecular flexibility index (Phi) is 6.61. The van der Waals surface area contributed by atoms with Crippen LogP contribution in [0.15, 0.2) is 35.6 Å². The van der Waals surface area contributed by atoms with Crippen LogP contribution in [0.1, 0.15) is 39.5 Å². The van der Waals surface area contributed by atoms with Gasteiger partial charge in [0.05, 0.1) is 6.10 Å². The van der Waals surface area contributed by atoms with Crippen molar-refractivity contribution in [2.75, 3.05) is 6.54 Å². The van der Waals surface area contributed by atoms with Crippen LogP contribution in [0.2, 0.25) is 0 Å². The predicted molar refractivity (Wildman–Crippen MR) is 109 cm³/mol. The lowest BCUT2D eigenvalue weighted by molar-refractivity contribution is -0.254. The van der Waals surface area contributed by atoms with Gasteiger partial charge >= 0.3 is 18.0 Å². The minimum atomic E-state index is -2.12. The normalized spacial score (nSPS) is 31.5. The Hall–Kier alpha value is -3.25. The number of carbonyl (C=O) groups excluding carboxylic acids is 1. The molecule has 0 spiro atoms. The number of hydrogen-bond acceptors (Lipinski definition) is 9. The Morgan fingerprint density at radius 1 is 1.21 bits per heavy atom. The number of ether oxygens (including phenoxy) is 3. The molecule has 1 aliphatic carbocycles. The molecule has 4 atom stereocenters. The van der Waals surface area contributed by atoms with Crippen molar-refractivity contribution >= 4 is 18.0 Å². The van der Waals surface area contributed by atoms with Crippen LogP contribution in [0.4, 0.5) is 4.79 Å². The van der Waals surface area contributed by atoms with E-state index < -0.39 is 59.1 Å². The molecule has 0 aromatic carbocycles. The van der Waals surface area contributed by atoms with Gasteiger partial charge in [-0.15, -0.1) is 0 Å². The summed E-state index contributed by atoms with van der Waals surface area (Å²) in [7, 11) is 0. The Morgan fingerprint density at radius 2 is 1.88 bits per heavy atom. The molecule has 5 N–H and O–H groups in total. The first-order chi connectivity index (χ1) is 15.4. The second kappa shape index (κ2) is 8.94. The van der Waals surface area contributed by atoms with Crippen LogP contribution in [0.5, 0.6) is 0 Å². The number of aliphatic carboxylic acids is 2. The van der Waals surface area contributed by atoms with Gasteiger partial charge in [-0.25, -0.2) is 4.79 Å². The molecular formula is C21H27NO11. The van der Waals surface area contributed by atoms with Crippen molar-refractivity contribution in [3.8, 4) is 0 Å². The van der Waals surface area contributed by atoms with Gasteiger partial charge in [0.25, 0.3) is 5.79 Å².